The van der Waals surface area contributed by atoms with Crippen molar-refractivity contribution in [2.75, 3.05) is 13.7 Å². The topological polar surface area (TPSA) is 86.3 Å². The van der Waals surface area contributed by atoms with E-state index in [2.05, 4.69) is 19.9 Å². The van der Waals surface area contributed by atoms with Gasteiger partial charge in [0.1, 0.15) is 12.4 Å². The van der Waals surface area contributed by atoms with Crippen LogP contribution < -0.4 is 4.74 Å². The van der Waals surface area contributed by atoms with E-state index in [-0.39, 0.29) is 6.61 Å². The predicted molar refractivity (Wildman–Crippen MR) is 95.6 cm³/mol. The Morgan fingerprint density at radius 1 is 1.15 bits per heavy atom. The van der Waals surface area contributed by atoms with Crippen LogP contribution in [0.15, 0.2) is 48.5 Å². The molecule has 7 nitrogen and oxygen atoms in total. The fourth-order valence-corrected chi connectivity index (χ4v) is 2.48. The molecule has 134 valence electrons. The van der Waals surface area contributed by atoms with Crippen molar-refractivity contribution in [2.24, 2.45) is 0 Å². The molecule has 26 heavy (non-hydrogen) atoms. The maximum atomic E-state index is 11.2. The van der Waals surface area contributed by atoms with E-state index < -0.39 is 6.16 Å². The van der Waals surface area contributed by atoms with Gasteiger partial charge < -0.3 is 14.2 Å². The van der Waals surface area contributed by atoms with Crippen molar-refractivity contribution < 1.29 is 19.0 Å². The molecule has 1 aromatic heterocycles. The van der Waals surface area contributed by atoms with Gasteiger partial charge in [-0.1, -0.05) is 36.4 Å². The van der Waals surface area contributed by atoms with Crippen LogP contribution in [0.1, 0.15) is 12.5 Å². The number of ether oxygens (including phenoxy) is 3. The summed E-state index contributed by atoms with van der Waals surface area (Å²) >= 11 is 0. The number of H-pyrrole nitrogens is 1. The lowest BCUT2D eigenvalue weighted by Crippen LogP contribution is -2.05. The molecule has 0 saturated carbocycles. The van der Waals surface area contributed by atoms with E-state index in [9.17, 15) is 4.79 Å². The molecule has 2 aromatic carbocycles. The van der Waals surface area contributed by atoms with E-state index in [1.807, 2.05) is 55.5 Å². The van der Waals surface area contributed by atoms with Crippen molar-refractivity contribution >= 4 is 6.16 Å². The monoisotopic (exact) mass is 353 g/mol. The molecule has 0 aliphatic heterocycles. The average molecular weight is 353 g/mol. The van der Waals surface area contributed by atoms with Gasteiger partial charge in [0.15, 0.2) is 11.6 Å². The van der Waals surface area contributed by atoms with Crippen LogP contribution >= 0.6 is 0 Å². The molecular formula is C19H19N3O4. The quantitative estimate of drug-likeness (QED) is 0.678. The fourth-order valence-electron chi connectivity index (χ4n) is 2.48. The van der Waals surface area contributed by atoms with Gasteiger partial charge in [-0.25, -0.2) is 9.78 Å². The van der Waals surface area contributed by atoms with Crippen LogP contribution in [0.25, 0.3) is 22.8 Å². The first-order chi connectivity index (χ1) is 12.7. The minimum absolute atomic E-state index is 0.0820. The second-order valence-electron chi connectivity index (χ2n) is 5.37. The summed E-state index contributed by atoms with van der Waals surface area (Å²) in [5.74, 6) is 1.92. The minimum Gasteiger partial charge on any atom is -0.494 e. The van der Waals surface area contributed by atoms with E-state index in [0.29, 0.717) is 18.3 Å². The highest BCUT2D eigenvalue weighted by Crippen LogP contribution is 2.25. The predicted octanol–water partition coefficient (Wildman–Crippen LogP) is 3.82. The Hall–Kier alpha value is -3.35. The maximum Gasteiger partial charge on any atom is 0.508 e. The van der Waals surface area contributed by atoms with Crippen LogP contribution in [0.5, 0.6) is 5.75 Å². The summed E-state index contributed by atoms with van der Waals surface area (Å²) < 4.78 is 15.1. The second kappa shape index (κ2) is 8.15. The van der Waals surface area contributed by atoms with Gasteiger partial charge in [0.05, 0.1) is 13.7 Å². The summed E-state index contributed by atoms with van der Waals surface area (Å²) in [7, 11) is 1.27. The third-order valence-corrected chi connectivity index (χ3v) is 3.67. The number of methoxy groups -OCH3 is 1. The van der Waals surface area contributed by atoms with Gasteiger partial charge >= 0.3 is 6.16 Å². The first-order valence-corrected chi connectivity index (χ1v) is 8.16. The Labute approximate surface area is 150 Å². The van der Waals surface area contributed by atoms with E-state index in [4.69, 9.17) is 9.47 Å². The highest BCUT2D eigenvalue weighted by Gasteiger charge is 2.13. The molecule has 1 heterocycles. The summed E-state index contributed by atoms with van der Waals surface area (Å²) in [6, 6.07) is 15.1. The summed E-state index contributed by atoms with van der Waals surface area (Å²) in [5.41, 5.74) is 2.45. The van der Waals surface area contributed by atoms with Crippen LogP contribution in [0.3, 0.4) is 0 Å². The van der Waals surface area contributed by atoms with Gasteiger partial charge in [0, 0.05) is 16.7 Å². The molecule has 0 saturated heterocycles. The number of carbonyl (C=O) groups is 1. The lowest BCUT2D eigenvalue weighted by atomic mass is 10.1. The van der Waals surface area contributed by atoms with E-state index in [1.165, 1.54) is 7.11 Å². The molecule has 1 N–H and O–H groups in total. The van der Waals surface area contributed by atoms with Crippen LogP contribution in [-0.2, 0) is 16.1 Å². The highest BCUT2D eigenvalue weighted by atomic mass is 16.7. The van der Waals surface area contributed by atoms with Gasteiger partial charge in [0.2, 0.25) is 0 Å². The van der Waals surface area contributed by atoms with E-state index in [0.717, 1.165) is 22.4 Å². The summed E-state index contributed by atoms with van der Waals surface area (Å²) in [5, 5.41) is 7.23. The summed E-state index contributed by atoms with van der Waals surface area (Å²) in [6.07, 6.45) is -0.731. The molecule has 3 aromatic rings. The number of aromatic amines is 1. The van der Waals surface area contributed by atoms with Crippen LogP contribution in [0.2, 0.25) is 0 Å². The smallest absolute Gasteiger partial charge is 0.494 e. The first kappa shape index (κ1) is 17.5. The normalized spacial score (nSPS) is 10.4. The van der Waals surface area contributed by atoms with Gasteiger partial charge in [-0.15, -0.1) is 0 Å². The molecule has 3 rings (SSSR count). The molecular weight excluding hydrogens is 334 g/mol. The van der Waals surface area contributed by atoms with Crippen molar-refractivity contribution in [2.45, 2.75) is 13.5 Å². The molecule has 0 fully saturated rings. The molecule has 0 spiro atoms. The number of rotatable bonds is 6. The van der Waals surface area contributed by atoms with Crippen LogP contribution in [0, 0.1) is 0 Å². The third kappa shape index (κ3) is 4.00. The average Bonchev–Trinajstić information content (AvgIpc) is 3.17. The number of aromatic nitrogens is 3. The molecule has 0 amide bonds. The Bertz CT molecular complexity index is 892. The first-order valence-electron chi connectivity index (χ1n) is 8.16. The van der Waals surface area contributed by atoms with Crippen molar-refractivity contribution in [3.05, 3.63) is 54.1 Å². The van der Waals surface area contributed by atoms with Crippen molar-refractivity contribution in [3.63, 3.8) is 0 Å². The number of carbonyl (C=O) groups excluding carboxylic acids is 1. The Morgan fingerprint density at radius 3 is 2.81 bits per heavy atom. The van der Waals surface area contributed by atoms with Gasteiger partial charge in [-0.3, -0.25) is 5.10 Å². The zero-order valence-corrected chi connectivity index (χ0v) is 14.6. The molecule has 0 unspecified atom stereocenters. The number of hydrogen-bond acceptors (Lipinski definition) is 6. The van der Waals surface area contributed by atoms with E-state index >= 15 is 0 Å². The van der Waals surface area contributed by atoms with Gasteiger partial charge in [-0.2, -0.15) is 5.10 Å². The Morgan fingerprint density at radius 2 is 2.00 bits per heavy atom. The van der Waals surface area contributed by atoms with E-state index in [1.54, 1.807) is 0 Å². The summed E-state index contributed by atoms with van der Waals surface area (Å²) in [6.45, 7) is 2.61. The zero-order chi connectivity index (χ0) is 18.4. The summed E-state index contributed by atoms with van der Waals surface area (Å²) in [4.78, 5) is 15.8. The standard InChI is InChI=1S/C19H19N3O4/c1-3-25-15-9-6-8-13(11-15)17-20-18(22-21-17)16-10-5-4-7-14(16)12-26-19(23)24-2/h4-11H,3,12H2,1-2H3,(H,20,21,22). The van der Waals surface area contributed by atoms with Crippen LogP contribution in [0.4, 0.5) is 4.79 Å². The third-order valence-electron chi connectivity index (χ3n) is 3.67. The van der Waals surface area contributed by atoms with Crippen molar-refractivity contribution in [1.29, 1.82) is 0 Å². The van der Waals surface area contributed by atoms with Gasteiger partial charge in [-0.05, 0) is 19.1 Å². The molecule has 0 radical (unpaired) electrons. The minimum atomic E-state index is -0.731. The lowest BCUT2D eigenvalue weighted by Gasteiger charge is -2.07. The zero-order valence-electron chi connectivity index (χ0n) is 14.6. The number of benzene rings is 2. The number of nitrogens with zero attached hydrogens (tertiary/aromatic N) is 2. The molecule has 0 bridgehead atoms. The lowest BCUT2D eigenvalue weighted by molar-refractivity contribution is 0.0670. The SMILES string of the molecule is CCOc1cccc(-c2n[nH]c(-c3ccccc3COC(=O)OC)n2)c1. The molecule has 0 aliphatic carbocycles. The Kier molecular flexibility index (Phi) is 5.48. The molecule has 7 heteroatoms. The molecule has 0 atom stereocenters. The largest absolute Gasteiger partial charge is 0.508 e. The second-order valence-corrected chi connectivity index (χ2v) is 5.37. The number of hydrogen-bond donors (Lipinski definition) is 1. The molecule has 0 aliphatic rings. The van der Waals surface area contributed by atoms with Crippen molar-refractivity contribution in [1.82, 2.24) is 15.2 Å². The maximum absolute atomic E-state index is 11.2. The Balaban J connectivity index is 1.86. The van der Waals surface area contributed by atoms with Crippen LogP contribution in [-0.4, -0.2) is 35.1 Å². The number of nitrogens with one attached hydrogen (secondary N) is 1. The fraction of sp³-hybridized carbons (Fsp3) is 0.211. The highest BCUT2D eigenvalue weighted by molar-refractivity contribution is 5.65. The van der Waals surface area contributed by atoms with Gasteiger partial charge in [0.25, 0.3) is 0 Å². The van der Waals surface area contributed by atoms with Crippen molar-refractivity contribution in [3.8, 4) is 28.5 Å².